The van der Waals surface area contributed by atoms with E-state index in [9.17, 15) is 0 Å². The van der Waals surface area contributed by atoms with E-state index in [1.54, 1.807) is 0 Å². The van der Waals surface area contributed by atoms with Crippen LogP contribution in [0.3, 0.4) is 0 Å². The quantitative estimate of drug-likeness (QED) is 0.743. The molecule has 4 heteroatoms. The van der Waals surface area contributed by atoms with Gasteiger partial charge in [-0.25, -0.2) is 0 Å². The highest BCUT2D eigenvalue weighted by atomic mass is 79.9. The van der Waals surface area contributed by atoms with E-state index in [-0.39, 0.29) is 0 Å². The number of halogens is 2. The molecule has 0 bridgehead atoms. The summed E-state index contributed by atoms with van der Waals surface area (Å²) in [4.78, 5) is 1.39. The van der Waals surface area contributed by atoms with Crippen LogP contribution in [0.1, 0.15) is 43.9 Å². The fraction of sp³-hybridized carbons (Fsp3) is 0.692. The zero-order valence-electron chi connectivity index (χ0n) is 10.2. The van der Waals surface area contributed by atoms with Gasteiger partial charge in [-0.1, -0.05) is 26.2 Å². The molecule has 0 unspecified atom stereocenters. The van der Waals surface area contributed by atoms with Gasteiger partial charge in [-0.2, -0.15) is 0 Å². The molecule has 0 atom stereocenters. The van der Waals surface area contributed by atoms with Gasteiger partial charge in [-0.05, 0) is 56.2 Å². The Morgan fingerprint density at radius 3 is 2.59 bits per heavy atom. The summed E-state index contributed by atoms with van der Waals surface area (Å²) in [6, 6.07) is 2.20. The Morgan fingerprint density at radius 2 is 2.00 bits per heavy atom. The van der Waals surface area contributed by atoms with Crippen molar-refractivity contribution in [3.8, 4) is 0 Å². The van der Waals surface area contributed by atoms with Gasteiger partial charge in [0.2, 0.25) is 0 Å². The highest BCUT2D eigenvalue weighted by Gasteiger charge is 2.26. The summed E-state index contributed by atoms with van der Waals surface area (Å²) in [6.45, 7) is 4.57. The molecular weight excluding hydrogens is 362 g/mol. The first-order valence-electron chi connectivity index (χ1n) is 6.23. The maximum atomic E-state index is 3.62. The summed E-state index contributed by atoms with van der Waals surface area (Å²) >= 11 is 8.88. The van der Waals surface area contributed by atoms with Crippen molar-refractivity contribution in [3.05, 3.63) is 19.2 Å². The third-order valence-electron chi connectivity index (χ3n) is 3.61. The molecule has 1 saturated carbocycles. The number of rotatable bonds is 4. The van der Waals surface area contributed by atoms with Gasteiger partial charge >= 0.3 is 0 Å². The summed E-state index contributed by atoms with van der Waals surface area (Å²) in [5.74, 6) is 0. The number of hydrogen-bond acceptors (Lipinski definition) is 2. The van der Waals surface area contributed by atoms with Crippen LogP contribution >= 0.6 is 43.2 Å². The molecule has 1 aliphatic carbocycles. The van der Waals surface area contributed by atoms with Crippen LogP contribution in [0.5, 0.6) is 0 Å². The van der Waals surface area contributed by atoms with Gasteiger partial charge in [0.1, 0.15) is 0 Å². The molecule has 0 spiro atoms. The van der Waals surface area contributed by atoms with E-state index in [2.05, 4.69) is 50.2 Å². The summed E-state index contributed by atoms with van der Waals surface area (Å²) in [5.41, 5.74) is 0.532. The maximum absolute atomic E-state index is 3.62. The second-order valence-electron chi connectivity index (χ2n) is 5.31. The number of thiophene rings is 1. The molecule has 0 aliphatic heterocycles. The van der Waals surface area contributed by atoms with E-state index in [1.165, 1.54) is 45.2 Å². The molecule has 1 fully saturated rings. The van der Waals surface area contributed by atoms with Crippen molar-refractivity contribution < 1.29 is 0 Å². The van der Waals surface area contributed by atoms with Crippen LogP contribution in [0.15, 0.2) is 14.3 Å². The fourth-order valence-corrected chi connectivity index (χ4v) is 4.69. The summed E-state index contributed by atoms with van der Waals surface area (Å²) in [5, 5.41) is 3.62. The van der Waals surface area contributed by atoms with Crippen molar-refractivity contribution >= 4 is 43.2 Å². The smallest absolute Gasteiger partial charge is 0.0843 e. The molecule has 0 aromatic carbocycles. The number of hydrogen-bond donors (Lipinski definition) is 1. The molecule has 1 nitrogen and oxygen atoms in total. The van der Waals surface area contributed by atoms with Gasteiger partial charge in [-0.3, -0.25) is 0 Å². The summed E-state index contributed by atoms with van der Waals surface area (Å²) < 4.78 is 2.36. The van der Waals surface area contributed by atoms with Gasteiger partial charge in [-0.15, -0.1) is 11.3 Å². The minimum atomic E-state index is 0.532. The largest absolute Gasteiger partial charge is 0.311 e. The van der Waals surface area contributed by atoms with Crippen LogP contribution in [0, 0.1) is 5.41 Å². The van der Waals surface area contributed by atoms with E-state index in [4.69, 9.17) is 0 Å². The van der Waals surface area contributed by atoms with E-state index in [0.29, 0.717) is 5.41 Å². The summed E-state index contributed by atoms with van der Waals surface area (Å²) in [6.07, 6.45) is 7.03. The van der Waals surface area contributed by atoms with Gasteiger partial charge < -0.3 is 5.32 Å². The molecule has 1 N–H and O–H groups in total. The van der Waals surface area contributed by atoms with Crippen LogP contribution in [0.2, 0.25) is 0 Å². The summed E-state index contributed by atoms with van der Waals surface area (Å²) in [7, 11) is 0. The minimum Gasteiger partial charge on any atom is -0.311 e. The Labute approximate surface area is 125 Å². The van der Waals surface area contributed by atoms with Crippen molar-refractivity contribution in [2.45, 2.75) is 45.6 Å². The minimum absolute atomic E-state index is 0.532. The van der Waals surface area contributed by atoms with Gasteiger partial charge in [0.25, 0.3) is 0 Å². The topological polar surface area (TPSA) is 12.0 Å². The van der Waals surface area contributed by atoms with Crippen LogP contribution in [-0.2, 0) is 6.54 Å². The Kier molecular flexibility index (Phi) is 5.10. The first-order chi connectivity index (χ1) is 8.09. The molecule has 96 valence electrons. The van der Waals surface area contributed by atoms with E-state index in [0.717, 1.165) is 13.1 Å². The highest BCUT2D eigenvalue weighted by molar-refractivity contribution is 9.13. The van der Waals surface area contributed by atoms with E-state index in [1.807, 2.05) is 11.3 Å². The van der Waals surface area contributed by atoms with Gasteiger partial charge in [0.15, 0.2) is 0 Å². The van der Waals surface area contributed by atoms with Crippen molar-refractivity contribution in [1.29, 1.82) is 0 Å². The molecule has 17 heavy (non-hydrogen) atoms. The van der Waals surface area contributed by atoms with Gasteiger partial charge in [0, 0.05) is 22.4 Å². The molecule has 0 radical (unpaired) electrons. The normalized spacial score (nSPS) is 19.5. The lowest BCUT2D eigenvalue weighted by Gasteiger charge is -2.33. The monoisotopic (exact) mass is 379 g/mol. The van der Waals surface area contributed by atoms with E-state index >= 15 is 0 Å². The average molecular weight is 381 g/mol. The molecule has 1 aromatic heterocycles. The Bertz CT molecular complexity index is 350. The fourth-order valence-electron chi connectivity index (χ4n) is 2.55. The Hall–Kier alpha value is 0.620. The molecule has 1 aromatic rings. The third-order valence-corrected chi connectivity index (χ3v) is 6.86. The van der Waals surface area contributed by atoms with Gasteiger partial charge in [0.05, 0.1) is 3.79 Å². The van der Waals surface area contributed by atoms with Crippen LogP contribution < -0.4 is 5.32 Å². The molecule has 0 amide bonds. The van der Waals surface area contributed by atoms with Crippen LogP contribution in [0.25, 0.3) is 0 Å². The SMILES string of the molecule is CC1(CNCc2cc(Br)c(Br)s2)CCCCC1. The Balaban J connectivity index is 1.78. The maximum Gasteiger partial charge on any atom is 0.0843 e. The predicted octanol–water partition coefficient (Wildman–Crippen LogP) is 5.33. The van der Waals surface area contributed by atoms with Crippen molar-refractivity contribution in [3.63, 3.8) is 0 Å². The second kappa shape index (κ2) is 6.18. The highest BCUT2D eigenvalue weighted by Crippen LogP contribution is 2.35. The van der Waals surface area contributed by atoms with Crippen molar-refractivity contribution in [2.75, 3.05) is 6.54 Å². The molecule has 1 aliphatic rings. The average Bonchev–Trinajstić information content (AvgIpc) is 2.59. The first kappa shape index (κ1) is 14.0. The molecule has 1 heterocycles. The van der Waals surface area contributed by atoms with Crippen molar-refractivity contribution in [1.82, 2.24) is 5.32 Å². The second-order valence-corrected chi connectivity index (χ2v) is 8.62. The molecule has 0 saturated heterocycles. The Morgan fingerprint density at radius 1 is 1.29 bits per heavy atom. The third kappa shape index (κ3) is 4.05. The zero-order valence-corrected chi connectivity index (χ0v) is 14.2. The lowest BCUT2D eigenvalue weighted by Crippen LogP contribution is -2.33. The lowest BCUT2D eigenvalue weighted by molar-refractivity contribution is 0.208. The van der Waals surface area contributed by atoms with Crippen LogP contribution in [0.4, 0.5) is 0 Å². The first-order valence-corrected chi connectivity index (χ1v) is 8.64. The predicted molar refractivity (Wildman–Crippen MR) is 82.6 cm³/mol. The number of nitrogens with one attached hydrogen (secondary N) is 1. The molecule has 2 rings (SSSR count). The van der Waals surface area contributed by atoms with Crippen LogP contribution in [-0.4, -0.2) is 6.54 Å². The lowest BCUT2D eigenvalue weighted by atomic mass is 9.76. The molecular formula is C13H19Br2NS. The van der Waals surface area contributed by atoms with E-state index < -0.39 is 0 Å². The van der Waals surface area contributed by atoms with Crippen molar-refractivity contribution in [2.24, 2.45) is 5.41 Å². The standard InChI is InChI=1S/C13H19Br2NS/c1-13(5-3-2-4-6-13)9-16-8-10-7-11(14)12(15)17-10/h7,16H,2-6,8-9H2,1H3. The zero-order chi connectivity index (χ0) is 12.3.